The van der Waals surface area contributed by atoms with E-state index in [1.807, 2.05) is 35.0 Å². The van der Waals surface area contributed by atoms with Crippen molar-refractivity contribution in [3.05, 3.63) is 48.0 Å². The minimum absolute atomic E-state index is 0.582. The number of nitrogens with one attached hydrogen (secondary N) is 2. The van der Waals surface area contributed by atoms with Crippen molar-refractivity contribution in [2.24, 2.45) is 0 Å². The van der Waals surface area contributed by atoms with E-state index in [-0.39, 0.29) is 0 Å². The van der Waals surface area contributed by atoms with Crippen LogP contribution in [0, 0.1) is 0 Å². The molecule has 1 aromatic heterocycles. The molecule has 19 heavy (non-hydrogen) atoms. The van der Waals surface area contributed by atoms with Crippen molar-refractivity contribution in [3.63, 3.8) is 0 Å². The van der Waals surface area contributed by atoms with Crippen molar-refractivity contribution < 1.29 is 0 Å². The predicted molar refractivity (Wildman–Crippen MR) is 82.5 cm³/mol. The van der Waals surface area contributed by atoms with Gasteiger partial charge in [-0.25, -0.2) is 4.98 Å². The number of thiocarbonyl (C=S) groups is 1. The highest BCUT2D eigenvalue weighted by atomic mass is 35.5. The van der Waals surface area contributed by atoms with E-state index in [4.69, 9.17) is 23.8 Å². The fourth-order valence-corrected chi connectivity index (χ4v) is 2.01. The summed E-state index contributed by atoms with van der Waals surface area (Å²) in [6.07, 6.45) is 6.50. The third-order valence-electron chi connectivity index (χ3n) is 2.56. The van der Waals surface area contributed by atoms with Crippen LogP contribution in [-0.2, 0) is 6.54 Å². The van der Waals surface area contributed by atoms with Crippen LogP contribution in [-0.4, -0.2) is 21.2 Å². The van der Waals surface area contributed by atoms with E-state index in [9.17, 15) is 0 Å². The lowest BCUT2D eigenvalue weighted by atomic mass is 10.3. The topological polar surface area (TPSA) is 41.9 Å². The van der Waals surface area contributed by atoms with Gasteiger partial charge < -0.3 is 15.2 Å². The Kier molecular flexibility index (Phi) is 5.18. The molecule has 4 nitrogen and oxygen atoms in total. The van der Waals surface area contributed by atoms with Crippen LogP contribution in [0.5, 0.6) is 0 Å². The van der Waals surface area contributed by atoms with Gasteiger partial charge in [-0.2, -0.15) is 0 Å². The summed E-state index contributed by atoms with van der Waals surface area (Å²) in [6, 6.07) is 7.51. The summed E-state index contributed by atoms with van der Waals surface area (Å²) in [7, 11) is 0. The third kappa shape index (κ3) is 4.54. The third-order valence-corrected chi connectivity index (χ3v) is 3.14. The molecule has 100 valence electrons. The van der Waals surface area contributed by atoms with Crippen LogP contribution >= 0.6 is 23.8 Å². The molecule has 0 fully saturated rings. The van der Waals surface area contributed by atoms with Gasteiger partial charge in [0.15, 0.2) is 5.11 Å². The summed E-state index contributed by atoms with van der Waals surface area (Å²) < 4.78 is 2.03. The quantitative estimate of drug-likeness (QED) is 0.657. The molecule has 0 aliphatic heterocycles. The summed E-state index contributed by atoms with van der Waals surface area (Å²) in [5.41, 5.74) is 0.816. The van der Waals surface area contributed by atoms with Gasteiger partial charge in [0.2, 0.25) is 0 Å². The zero-order chi connectivity index (χ0) is 13.5. The van der Waals surface area contributed by atoms with Crippen molar-refractivity contribution >= 4 is 34.6 Å². The summed E-state index contributed by atoms with van der Waals surface area (Å²) in [6.45, 7) is 1.72. The molecule has 0 saturated carbocycles. The summed E-state index contributed by atoms with van der Waals surface area (Å²) >= 11 is 11.2. The Morgan fingerprint density at radius 1 is 1.37 bits per heavy atom. The Bertz CT molecular complexity index is 527. The van der Waals surface area contributed by atoms with Crippen molar-refractivity contribution in [2.75, 3.05) is 11.9 Å². The molecule has 2 aromatic rings. The molecular formula is C13H15ClN4S. The second-order valence-electron chi connectivity index (χ2n) is 4.01. The van der Waals surface area contributed by atoms with E-state index >= 15 is 0 Å². The first-order valence-electron chi connectivity index (χ1n) is 6.01. The number of hydrogen-bond acceptors (Lipinski definition) is 2. The lowest BCUT2D eigenvalue weighted by molar-refractivity contribution is 0.632. The highest BCUT2D eigenvalue weighted by Crippen LogP contribution is 2.19. The van der Waals surface area contributed by atoms with E-state index in [1.54, 1.807) is 12.5 Å². The molecule has 0 bridgehead atoms. The van der Waals surface area contributed by atoms with Gasteiger partial charge in [0, 0.05) is 25.5 Å². The lowest BCUT2D eigenvalue weighted by Gasteiger charge is -2.11. The average Bonchev–Trinajstić information content (AvgIpc) is 2.91. The smallest absolute Gasteiger partial charge is 0.170 e. The summed E-state index contributed by atoms with van der Waals surface area (Å²) in [4.78, 5) is 3.99. The van der Waals surface area contributed by atoms with Crippen molar-refractivity contribution in [1.82, 2.24) is 14.9 Å². The number of benzene rings is 1. The molecule has 2 rings (SSSR count). The van der Waals surface area contributed by atoms with Crippen molar-refractivity contribution in [3.8, 4) is 0 Å². The summed E-state index contributed by atoms with van der Waals surface area (Å²) in [5.74, 6) is 0. The van der Waals surface area contributed by atoms with E-state index in [1.165, 1.54) is 0 Å². The normalized spacial score (nSPS) is 10.2. The lowest BCUT2D eigenvalue weighted by Crippen LogP contribution is -2.29. The standard InChI is InChI=1S/C13H15ClN4S/c14-11-4-1-2-5-12(11)17-13(19)16-6-3-8-18-9-7-15-10-18/h1-2,4-5,7,9-10H,3,6,8H2,(H2,16,17,19). The Morgan fingerprint density at radius 2 is 2.21 bits per heavy atom. The second-order valence-corrected chi connectivity index (χ2v) is 4.83. The average molecular weight is 295 g/mol. The molecule has 0 aliphatic rings. The Morgan fingerprint density at radius 3 is 2.95 bits per heavy atom. The van der Waals surface area contributed by atoms with Gasteiger partial charge in [0.25, 0.3) is 0 Å². The van der Waals surface area contributed by atoms with Crippen LogP contribution < -0.4 is 10.6 Å². The Balaban J connectivity index is 1.69. The number of anilines is 1. The molecule has 6 heteroatoms. The van der Waals surface area contributed by atoms with Crippen molar-refractivity contribution in [2.45, 2.75) is 13.0 Å². The maximum Gasteiger partial charge on any atom is 0.170 e. The molecule has 0 aliphatic carbocycles. The number of imidazole rings is 1. The summed E-state index contributed by atoms with van der Waals surface area (Å²) in [5, 5.41) is 7.46. The number of para-hydroxylation sites is 1. The minimum Gasteiger partial charge on any atom is -0.362 e. The molecular weight excluding hydrogens is 280 g/mol. The van der Waals surface area contributed by atoms with E-state index < -0.39 is 0 Å². The van der Waals surface area contributed by atoms with Crippen LogP contribution in [0.3, 0.4) is 0 Å². The zero-order valence-corrected chi connectivity index (χ0v) is 11.9. The van der Waals surface area contributed by atoms with Gasteiger partial charge in [0.1, 0.15) is 0 Å². The fourth-order valence-electron chi connectivity index (χ4n) is 1.61. The number of aryl methyl sites for hydroxylation is 1. The first-order valence-corrected chi connectivity index (χ1v) is 6.79. The van der Waals surface area contributed by atoms with Crippen LogP contribution in [0.4, 0.5) is 5.69 Å². The number of nitrogens with zero attached hydrogens (tertiary/aromatic N) is 2. The molecule has 0 radical (unpaired) electrons. The van der Waals surface area contributed by atoms with E-state index in [2.05, 4.69) is 15.6 Å². The van der Waals surface area contributed by atoms with Crippen molar-refractivity contribution in [1.29, 1.82) is 0 Å². The molecule has 0 unspecified atom stereocenters. The molecule has 0 amide bonds. The molecule has 1 aromatic carbocycles. The number of aromatic nitrogens is 2. The van der Waals surface area contributed by atoms with Crippen LogP contribution in [0.25, 0.3) is 0 Å². The predicted octanol–water partition coefficient (Wildman–Crippen LogP) is 2.91. The van der Waals surface area contributed by atoms with Gasteiger partial charge in [-0.05, 0) is 30.8 Å². The van der Waals surface area contributed by atoms with E-state index in [0.717, 1.165) is 25.2 Å². The molecule has 0 spiro atoms. The zero-order valence-electron chi connectivity index (χ0n) is 10.3. The number of hydrogen-bond donors (Lipinski definition) is 2. The maximum atomic E-state index is 6.04. The van der Waals surface area contributed by atoms with E-state index in [0.29, 0.717) is 10.1 Å². The first-order chi connectivity index (χ1) is 9.25. The largest absolute Gasteiger partial charge is 0.362 e. The minimum atomic E-state index is 0.582. The first kappa shape index (κ1) is 13.8. The van der Waals surface area contributed by atoms with Gasteiger partial charge in [-0.3, -0.25) is 0 Å². The molecule has 2 N–H and O–H groups in total. The highest BCUT2D eigenvalue weighted by Gasteiger charge is 2.00. The SMILES string of the molecule is S=C(NCCCn1ccnc1)Nc1ccccc1Cl. The van der Waals surface area contributed by atoms with Crippen LogP contribution in [0.2, 0.25) is 5.02 Å². The number of halogens is 1. The van der Waals surface area contributed by atoms with Crippen LogP contribution in [0.1, 0.15) is 6.42 Å². The molecule has 1 heterocycles. The van der Waals surface area contributed by atoms with Gasteiger partial charge >= 0.3 is 0 Å². The second kappa shape index (κ2) is 7.11. The highest BCUT2D eigenvalue weighted by molar-refractivity contribution is 7.80. The fraction of sp³-hybridized carbons (Fsp3) is 0.231. The maximum absolute atomic E-state index is 6.04. The van der Waals surface area contributed by atoms with Gasteiger partial charge in [0.05, 0.1) is 17.0 Å². The van der Waals surface area contributed by atoms with Gasteiger partial charge in [-0.15, -0.1) is 0 Å². The Labute approximate surface area is 122 Å². The number of rotatable bonds is 5. The van der Waals surface area contributed by atoms with Crippen LogP contribution in [0.15, 0.2) is 43.0 Å². The molecule has 0 saturated heterocycles. The molecule has 0 atom stereocenters. The Hall–Kier alpha value is -1.59. The van der Waals surface area contributed by atoms with Gasteiger partial charge in [-0.1, -0.05) is 23.7 Å². The monoisotopic (exact) mass is 294 g/mol.